The Bertz CT molecular complexity index is 2450. The van der Waals surface area contributed by atoms with Gasteiger partial charge in [-0.15, -0.1) is 0 Å². The van der Waals surface area contributed by atoms with Gasteiger partial charge in [0.1, 0.15) is 23.4 Å². The van der Waals surface area contributed by atoms with Crippen LogP contribution in [0.1, 0.15) is 45.0 Å². The third kappa shape index (κ3) is 5.00. The van der Waals surface area contributed by atoms with Crippen LogP contribution in [-0.4, -0.2) is 12.2 Å². The van der Waals surface area contributed by atoms with E-state index in [-0.39, 0.29) is 0 Å². The first-order valence-electron chi connectivity index (χ1n) is 17.4. The number of methoxy groups -OCH3 is 1. The molecule has 0 aliphatic heterocycles. The van der Waals surface area contributed by atoms with Crippen molar-refractivity contribution in [1.82, 2.24) is 0 Å². The number of hydrogen-bond acceptors (Lipinski definition) is 3. The Kier molecular flexibility index (Phi) is 7.45. The maximum atomic E-state index is 11.0. The topological polar surface area (TPSA) is 38.7 Å². The van der Waals surface area contributed by atoms with E-state index in [9.17, 15) is 5.11 Å². The summed E-state index contributed by atoms with van der Waals surface area (Å²) in [6.07, 6.45) is -0.742. The molecule has 1 N–H and O–H groups in total. The molecule has 0 heterocycles. The minimum absolute atomic E-state index is 0.537. The summed E-state index contributed by atoms with van der Waals surface area (Å²) in [6.45, 7) is 2.15. The molecular weight excluding hydrogens is 625 g/mol. The number of ether oxygens (including phenoxy) is 2. The number of aliphatic hydroxyl groups is 1. The highest BCUT2D eigenvalue weighted by atomic mass is 16.5. The number of rotatable bonds is 7. The van der Waals surface area contributed by atoms with Crippen LogP contribution in [0.15, 0.2) is 170 Å². The van der Waals surface area contributed by atoms with E-state index < -0.39 is 11.5 Å². The van der Waals surface area contributed by atoms with Crippen LogP contribution in [0.25, 0.3) is 32.7 Å². The molecule has 0 radical (unpaired) electrons. The van der Waals surface area contributed by atoms with Gasteiger partial charge in [0.05, 0.1) is 12.5 Å². The number of aryl methyl sites for hydroxylation is 1. The summed E-state index contributed by atoms with van der Waals surface area (Å²) in [5, 5.41) is 16.0. The van der Waals surface area contributed by atoms with E-state index in [2.05, 4.69) is 128 Å². The van der Waals surface area contributed by atoms with Crippen LogP contribution >= 0.6 is 0 Å². The van der Waals surface area contributed by atoms with Gasteiger partial charge in [-0.2, -0.15) is 0 Å². The van der Waals surface area contributed by atoms with Gasteiger partial charge in [-0.25, -0.2) is 0 Å². The molecule has 9 rings (SSSR count). The summed E-state index contributed by atoms with van der Waals surface area (Å²) in [6, 6.07) is 59.5. The van der Waals surface area contributed by atoms with E-state index in [0.717, 1.165) is 22.6 Å². The monoisotopic (exact) mass is 660 g/mol. The van der Waals surface area contributed by atoms with E-state index >= 15 is 0 Å². The molecule has 0 saturated carbocycles. The van der Waals surface area contributed by atoms with Crippen LogP contribution in [0.2, 0.25) is 0 Å². The smallest absolute Gasteiger partial charge is 0.127 e. The molecule has 3 nitrogen and oxygen atoms in total. The maximum absolute atomic E-state index is 11.0. The molecule has 1 atom stereocenters. The molecule has 8 aromatic carbocycles. The van der Waals surface area contributed by atoms with Crippen LogP contribution in [0.3, 0.4) is 0 Å². The van der Waals surface area contributed by atoms with E-state index in [0.29, 0.717) is 5.75 Å². The molecule has 0 amide bonds. The van der Waals surface area contributed by atoms with Gasteiger partial charge in [0.15, 0.2) is 0 Å². The van der Waals surface area contributed by atoms with Gasteiger partial charge in [0.2, 0.25) is 0 Å². The Morgan fingerprint density at radius 2 is 0.902 bits per heavy atom. The van der Waals surface area contributed by atoms with Crippen molar-refractivity contribution in [2.24, 2.45) is 0 Å². The lowest BCUT2D eigenvalue weighted by Gasteiger charge is -2.34. The van der Waals surface area contributed by atoms with Gasteiger partial charge >= 0.3 is 0 Å². The van der Waals surface area contributed by atoms with Crippen LogP contribution in [0.5, 0.6) is 17.2 Å². The van der Waals surface area contributed by atoms with Crippen molar-refractivity contribution in [3.05, 3.63) is 209 Å². The lowest BCUT2D eigenvalue weighted by molar-refractivity contribution is 0.220. The second-order valence-corrected chi connectivity index (χ2v) is 13.4. The molecule has 3 heteroatoms. The Morgan fingerprint density at radius 1 is 0.471 bits per heavy atom. The minimum Gasteiger partial charge on any atom is -0.497 e. The summed E-state index contributed by atoms with van der Waals surface area (Å²) >= 11 is 0. The Labute approximate surface area is 298 Å². The zero-order valence-corrected chi connectivity index (χ0v) is 28.5. The van der Waals surface area contributed by atoms with Crippen molar-refractivity contribution in [3.63, 3.8) is 0 Å². The molecule has 246 valence electrons. The van der Waals surface area contributed by atoms with Crippen LogP contribution in [0, 0.1) is 6.92 Å². The second kappa shape index (κ2) is 12.3. The van der Waals surface area contributed by atoms with Crippen molar-refractivity contribution in [2.75, 3.05) is 7.11 Å². The SMILES string of the molecule is COc1ccc(C(O)c2ccc(Oc3ccc(C4(c5ccc(C)cc5)c5ccc6ccccc6c5-c5c4ccc4ccccc54)cc3)cc2)cc1. The fourth-order valence-electron chi connectivity index (χ4n) is 8.05. The summed E-state index contributed by atoms with van der Waals surface area (Å²) in [5.74, 6) is 2.21. The quantitative estimate of drug-likeness (QED) is 0.185. The van der Waals surface area contributed by atoms with Gasteiger partial charge in [-0.05, 0) is 109 Å². The Balaban J connectivity index is 1.14. The summed E-state index contributed by atoms with van der Waals surface area (Å²) < 4.78 is 11.6. The van der Waals surface area contributed by atoms with Crippen LogP contribution < -0.4 is 9.47 Å². The zero-order valence-electron chi connectivity index (χ0n) is 28.5. The van der Waals surface area contributed by atoms with Crippen LogP contribution in [0.4, 0.5) is 0 Å². The molecular formula is C48H36O3. The van der Waals surface area contributed by atoms with E-state index in [1.165, 1.54) is 60.5 Å². The minimum atomic E-state index is -0.742. The molecule has 0 fully saturated rings. The molecule has 1 aliphatic rings. The maximum Gasteiger partial charge on any atom is 0.127 e. The normalized spacial score (nSPS) is 13.5. The van der Waals surface area contributed by atoms with E-state index in [4.69, 9.17) is 9.47 Å². The van der Waals surface area contributed by atoms with Gasteiger partial charge in [0.25, 0.3) is 0 Å². The zero-order chi connectivity index (χ0) is 34.5. The standard InChI is InChI=1S/C48H36O3/c1-31-11-19-36(20-12-31)48(43-29-17-32-7-3-5-9-41(32)45(43)46-42-10-6-4-8-33(42)18-30-44(46)48)37-21-27-40(28-22-37)51-39-25-15-35(16-26-39)47(49)34-13-23-38(50-2)24-14-34/h3-30,47,49H,1-2H3. The second-order valence-electron chi connectivity index (χ2n) is 13.4. The lowest BCUT2D eigenvalue weighted by atomic mass is 9.67. The number of aliphatic hydroxyl groups excluding tert-OH is 1. The highest BCUT2D eigenvalue weighted by Gasteiger charge is 2.47. The third-order valence-electron chi connectivity index (χ3n) is 10.6. The average molecular weight is 661 g/mol. The molecule has 8 aromatic rings. The first-order valence-corrected chi connectivity index (χ1v) is 17.4. The predicted molar refractivity (Wildman–Crippen MR) is 207 cm³/mol. The predicted octanol–water partition coefficient (Wildman–Crippen LogP) is 11.5. The van der Waals surface area contributed by atoms with Gasteiger partial charge in [0, 0.05) is 0 Å². The highest BCUT2D eigenvalue weighted by molar-refractivity contribution is 6.12. The van der Waals surface area contributed by atoms with E-state index in [1.54, 1.807) is 7.11 Å². The fourth-order valence-corrected chi connectivity index (χ4v) is 8.05. The molecule has 0 bridgehead atoms. The van der Waals surface area contributed by atoms with Crippen molar-refractivity contribution in [3.8, 4) is 28.4 Å². The van der Waals surface area contributed by atoms with E-state index in [1.807, 2.05) is 48.5 Å². The largest absolute Gasteiger partial charge is 0.497 e. The highest BCUT2D eigenvalue weighted by Crippen LogP contribution is 2.59. The van der Waals surface area contributed by atoms with Gasteiger partial charge in [-0.1, -0.05) is 139 Å². The molecule has 0 aromatic heterocycles. The number of hydrogen-bond donors (Lipinski definition) is 1. The molecule has 1 aliphatic carbocycles. The lowest BCUT2D eigenvalue weighted by Crippen LogP contribution is -2.28. The molecule has 1 unspecified atom stereocenters. The van der Waals surface area contributed by atoms with Crippen molar-refractivity contribution < 1.29 is 14.6 Å². The van der Waals surface area contributed by atoms with Gasteiger partial charge < -0.3 is 14.6 Å². The average Bonchev–Trinajstić information content (AvgIpc) is 3.50. The number of benzene rings is 8. The van der Waals surface area contributed by atoms with Crippen molar-refractivity contribution >= 4 is 21.5 Å². The molecule has 0 saturated heterocycles. The van der Waals surface area contributed by atoms with Crippen molar-refractivity contribution in [1.29, 1.82) is 0 Å². The van der Waals surface area contributed by atoms with Crippen molar-refractivity contribution in [2.45, 2.75) is 18.4 Å². The third-order valence-corrected chi connectivity index (χ3v) is 10.6. The van der Waals surface area contributed by atoms with Crippen LogP contribution in [-0.2, 0) is 5.41 Å². The summed E-state index contributed by atoms with van der Waals surface area (Å²) in [4.78, 5) is 0. The van der Waals surface area contributed by atoms with Gasteiger partial charge in [-0.3, -0.25) is 0 Å². The first kappa shape index (κ1) is 30.9. The fraction of sp³-hybridized carbons (Fsp3) is 0.0833. The first-order chi connectivity index (χ1) is 25.0. The number of fused-ring (bicyclic) bond motifs is 7. The summed E-state index contributed by atoms with van der Waals surface area (Å²) in [7, 11) is 1.63. The molecule has 0 spiro atoms. The summed E-state index contributed by atoms with van der Waals surface area (Å²) in [5.41, 5.74) is 9.89. The Morgan fingerprint density at radius 3 is 1.39 bits per heavy atom. The Hall–Kier alpha value is -6.16. The molecule has 51 heavy (non-hydrogen) atoms.